The van der Waals surface area contributed by atoms with Gasteiger partial charge >= 0.3 is 0 Å². The molecule has 188 valence electrons. The summed E-state index contributed by atoms with van der Waals surface area (Å²) in [4.78, 5) is 20.2. The Kier molecular flexibility index (Phi) is 7.77. The minimum absolute atomic E-state index is 0.127. The van der Waals surface area contributed by atoms with Crippen LogP contribution in [0.1, 0.15) is 82.0 Å². The Hall–Kier alpha value is -2.33. The lowest BCUT2D eigenvalue weighted by Gasteiger charge is -2.45. The normalized spacial score (nSPS) is 24.9. The molecule has 3 fully saturated rings. The van der Waals surface area contributed by atoms with E-state index < -0.39 is 0 Å². The predicted molar refractivity (Wildman–Crippen MR) is 145 cm³/mol. The maximum absolute atomic E-state index is 12.9. The van der Waals surface area contributed by atoms with Crippen molar-refractivity contribution in [2.24, 2.45) is 5.92 Å². The molecule has 0 aromatic heterocycles. The second kappa shape index (κ2) is 11.2. The number of piperidine rings is 1. The van der Waals surface area contributed by atoms with Crippen molar-refractivity contribution < 1.29 is 4.79 Å². The molecule has 4 heteroatoms. The first kappa shape index (κ1) is 24.4. The van der Waals surface area contributed by atoms with E-state index in [4.69, 9.17) is 0 Å². The first-order chi connectivity index (χ1) is 17.2. The highest BCUT2D eigenvalue weighted by Crippen LogP contribution is 2.42. The van der Waals surface area contributed by atoms with Gasteiger partial charge in [-0.15, -0.1) is 0 Å². The maximum atomic E-state index is 12.9. The van der Waals surface area contributed by atoms with Crippen LogP contribution >= 0.6 is 0 Å². The van der Waals surface area contributed by atoms with Gasteiger partial charge < -0.3 is 9.80 Å². The third-order valence-corrected chi connectivity index (χ3v) is 8.90. The Morgan fingerprint density at radius 1 is 0.800 bits per heavy atom. The largest absolute Gasteiger partial charge is 0.339 e. The van der Waals surface area contributed by atoms with Crippen molar-refractivity contribution in [2.75, 3.05) is 24.5 Å². The number of carbonyl (C=O) groups is 1. The first-order valence-electron chi connectivity index (χ1n) is 14.2. The van der Waals surface area contributed by atoms with Crippen molar-refractivity contribution in [2.45, 2.75) is 89.8 Å². The molecule has 0 radical (unpaired) electrons. The molecule has 35 heavy (non-hydrogen) atoms. The quantitative estimate of drug-likeness (QED) is 0.418. The third kappa shape index (κ3) is 5.28. The smallest absolute Gasteiger partial charge is 0.253 e. The SMILES string of the molecule is CCN(CC)C(=O)c1ccc(N(c2ccccc2)C2C[C@H]3CC[C@@H](C2)N3CC2CCCCC2)cc1. The third-order valence-electron chi connectivity index (χ3n) is 8.90. The first-order valence-corrected chi connectivity index (χ1v) is 14.2. The number of fused-ring (bicyclic) bond motifs is 2. The molecule has 5 rings (SSSR count). The van der Waals surface area contributed by atoms with E-state index >= 15 is 0 Å². The minimum Gasteiger partial charge on any atom is -0.339 e. The average Bonchev–Trinajstić information content (AvgIpc) is 3.13. The summed E-state index contributed by atoms with van der Waals surface area (Å²) in [5.74, 6) is 1.05. The number of hydrogen-bond acceptors (Lipinski definition) is 3. The Labute approximate surface area is 212 Å². The van der Waals surface area contributed by atoms with Crippen molar-refractivity contribution in [3.05, 3.63) is 60.2 Å². The molecule has 0 N–H and O–H groups in total. The zero-order valence-electron chi connectivity index (χ0n) is 21.7. The molecule has 1 aliphatic carbocycles. The van der Waals surface area contributed by atoms with Crippen LogP contribution in [0.4, 0.5) is 11.4 Å². The molecule has 2 heterocycles. The summed E-state index contributed by atoms with van der Waals surface area (Å²) in [5, 5.41) is 0. The van der Waals surface area contributed by atoms with E-state index in [1.54, 1.807) is 0 Å². The number of para-hydroxylation sites is 1. The fraction of sp³-hybridized carbons (Fsp3) is 0.581. The second-order valence-electron chi connectivity index (χ2n) is 10.9. The van der Waals surface area contributed by atoms with E-state index in [0.717, 1.165) is 36.7 Å². The number of nitrogens with zero attached hydrogens (tertiary/aromatic N) is 3. The Bertz CT molecular complexity index is 935. The molecule has 2 saturated heterocycles. The summed E-state index contributed by atoms with van der Waals surface area (Å²) in [6, 6.07) is 21.2. The summed E-state index contributed by atoms with van der Waals surface area (Å²) in [5.41, 5.74) is 3.26. The van der Waals surface area contributed by atoms with E-state index in [1.807, 2.05) is 30.9 Å². The van der Waals surface area contributed by atoms with Gasteiger partial charge in [0.2, 0.25) is 0 Å². The Morgan fingerprint density at radius 2 is 1.40 bits per heavy atom. The number of benzene rings is 2. The van der Waals surface area contributed by atoms with Gasteiger partial charge in [0.15, 0.2) is 0 Å². The van der Waals surface area contributed by atoms with Gasteiger partial charge in [0, 0.05) is 54.7 Å². The Balaban J connectivity index is 1.36. The average molecular weight is 474 g/mol. The van der Waals surface area contributed by atoms with Crippen molar-refractivity contribution in [1.29, 1.82) is 0 Å². The van der Waals surface area contributed by atoms with Gasteiger partial charge in [0.1, 0.15) is 0 Å². The molecule has 1 amide bonds. The zero-order chi connectivity index (χ0) is 24.2. The molecule has 3 aliphatic rings. The van der Waals surface area contributed by atoms with Crippen LogP contribution in [-0.4, -0.2) is 53.5 Å². The highest BCUT2D eigenvalue weighted by atomic mass is 16.2. The number of carbonyl (C=O) groups excluding carboxylic acids is 1. The molecule has 2 aromatic carbocycles. The molecule has 2 bridgehead atoms. The number of anilines is 2. The summed E-state index contributed by atoms with van der Waals surface area (Å²) < 4.78 is 0. The predicted octanol–water partition coefficient (Wildman–Crippen LogP) is 6.88. The molecular weight excluding hydrogens is 430 g/mol. The zero-order valence-corrected chi connectivity index (χ0v) is 21.7. The van der Waals surface area contributed by atoms with Gasteiger partial charge in [0.05, 0.1) is 0 Å². The van der Waals surface area contributed by atoms with Crippen molar-refractivity contribution in [3.63, 3.8) is 0 Å². The summed E-state index contributed by atoms with van der Waals surface area (Å²) in [6.45, 7) is 6.91. The van der Waals surface area contributed by atoms with Crippen molar-refractivity contribution in [3.8, 4) is 0 Å². The molecule has 1 saturated carbocycles. The fourth-order valence-electron chi connectivity index (χ4n) is 7.04. The molecule has 0 spiro atoms. The van der Waals surface area contributed by atoms with Crippen LogP contribution in [0.2, 0.25) is 0 Å². The van der Waals surface area contributed by atoms with Gasteiger partial charge in [-0.3, -0.25) is 9.69 Å². The van der Waals surface area contributed by atoms with Gasteiger partial charge in [0.25, 0.3) is 5.91 Å². The second-order valence-corrected chi connectivity index (χ2v) is 10.9. The lowest BCUT2D eigenvalue weighted by atomic mass is 9.87. The van der Waals surface area contributed by atoms with Crippen LogP contribution in [-0.2, 0) is 0 Å². The number of amides is 1. The highest BCUT2D eigenvalue weighted by molar-refractivity contribution is 5.94. The lowest BCUT2D eigenvalue weighted by molar-refractivity contribution is 0.0773. The molecule has 2 aliphatic heterocycles. The van der Waals surface area contributed by atoms with Gasteiger partial charge in [-0.1, -0.05) is 37.5 Å². The molecule has 3 atom stereocenters. The highest BCUT2D eigenvalue weighted by Gasteiger charge is 2.43. The number of rotatable bonds is 8. The number of hydrogen-bond donors (Lipinski definition) is 0. The van der Waals surface area contributed by atoms with E-state index in [0.29, 0.717) is 6.04 Å². The van der Waals surface area contributed by atoms with Crippen LogP contribution in [0.5, 0.6) is 0 Å². The maximum Gasteiger partial charge on any atom is 0.253 e. The monoisotopic (exact) mass is 473 g/mol. The van der Waals surface area contributed by atoms with E-state index in [1.165, 1.54) is 75.7 Å². The summed E-state index contributed by atoms with van der Waals surface area (Å²) >= 11 is 0. The fourth-order valence-corrected chi connectivity index (χ4v) is 7.04. The van der Waals surface area contributed by atoms with Gasteiger partial charge in [-0.25, -0.2) is 0 Å². The minimum atomic E-state index is 0.127. The van der Waals surface area contributed by atoms with Crippen molar-refractivity contribution in [1.82, 2.24) is 9.80 Å². The van der Waals surface area contributed by atoms with E-state index in [9.17, 15) is 4.79 Å². The van der Waals surface area contributed by atoms with Crippen LogP contribution in [0.3, 0.4) is 0 Å². The molecular formula is C31H43N3O. The molecule has 1 unspecified atom stereocenters. The van der Waals surface area contributed by atoms with Gasteiger partial charge in [-0.05, 0) is 94.7 Å². The molecule has 2 aromatic rings. The topological polar surface area (TPSA) is 26.8 Å². The van der Waals surface area contributed by atoms with Gasteiger partial charge in [-0.2, -0.15) is 0 Å². The lowest BCUT2D eigenvalue weighted by Crippen LogP contribution is -2.50. The molecule has 4 nitrogen and oxygen atoms in total. The van der Waals surface area contributed by atoms with Crippen LogP contribution in [0.25, 0.3) is 0 Å². The van der Waals surface area contributed by atoms with E-state index in [2.05, 4.69) is 52.3 Å². The summed E-state index contributed by atoms with van der Waals surface area (Å²) in [6.07, 6.45) is 12.4. The van der Waals surface area contributed by atoms with Crippen LogP contribution < -0.4 is 4.90 Å². The standard InChI is InChI=1S/C31H43N3O/c1-3-32(4-2)31(35)25-15-17-27(18-16-25)34(26-13-9-6-10-14-26)30-21-28-19-20-29(22-30)33(28)23-24-11-7-5-8-12-24/h6,9-10,13-18,24,28-30H,3-5,7-8,11-12,19-23H2,1-2H3/t28-,29+,30?. The van der Waals surface area contributed by atoms with Crippen molar-refractivity contribution >= 4 is 17.3 Å². The summed E-state index contributed by atoms with van der Waals surface area (Å²) in [7, 11) is 0. The Morgan fingerprint density at radius 3 is 2.00 bits per heavy atom. The van der Waals surface area contributed by atoms with Crippen LogP contribution in [0.15, 0.2) is 54.6 Å². The van der Waals surface area contributed by atoms with Crippen LogP contribution in [0, 0.1) is 5.92 Å². The van der Waals surface area contributed by atoms with E-state index in [-0.39, 0.29) is 5.91 Å².